The summed E-state index contributed by atoms with van der Waals surface area (Å²) < 4.78 is 15.1. The average Bonchev–Trinajstić information content (AvgIpc) is 2.37. The van der Waals surface area contributed by atoms with E-state index in [2.05, 4.69) is 15.3 Å². The predicted molar refractivity (Wildman–Crippen MR) is 63.5 cm³/mol. The summed E-state index contributed by atoms with van der Waals surface area (Å²) in [5.74, 6) is 1.24. The van der Waals surface area contributed by atoms with Crippen LogP contribution in [-0.4, -0.2) is 50.5 Å². The summed E-state index contributed by atoms with van der Waals surface area (Å²) in [5, 5.41) is 3.05. The monoisotopic (exact) mass is 242 g/mol. The van der Waals surface area contributed by atoms with Gasteiger partial charge >= 0.3 is 0 Å². The first kappa shape index (κ1) is 13.5. The zero-order chi connectivity index (χ0) is 12.7. The third kappa shape index (κ3) is 4.04. The Kier molecular flexibility index (Phi) is 5.44. The van der Waals surface area contributed by atoms with Gasteiger partial charge < -0.3 is 25.3 Å². The number of nitrogens with two attached hydrogens (primary N) is 1. The highest BCUT2D eigenvalue weighted by molar-refractivity contribution is 5.34. The first-order chi connectivity index (χ1) is 8.23. The van der Waals surface area contributed by atoms with E-state index in [0.29, 0.717) is 30.9 Å². The van der Waals surface area contributed by atoms with Crippen LogP contribution >= 0.6 is 0 Å². The van der Waals surface area contributed by atoms with Crippen molar-refractivity contribution in [1.82, 2.24) is 9.97 Å². The van der Waals surface area contributed by atoms with Gasteiger partial charge in [0.05, 0.1) is 32.9 Å². The van der Waals surface area contributed by atoms with Crippen LogP contribution in [0.4, 0.5) is 5.95 Å². The number of aromatic nitrogens is 2. The first-order valence-electron chi connectivity index (χ1n) is 5.16. The minimum atomic E-state index is -0.0585. The van der Waals surface area contributed by atoms with E-state index in [1.807, 2.05) is 0 Å². The maximum Gasteiger partial charge on any atom is 0.229 e. The van der Waals surface area contributed by atoms with Gasteiger partial charge in [-0.15, -0.1) is 0 Å². The molecule has 1 atom stereocenters. The Morgan fingerprint density at radius 3 is 2.24 bits per heavy atom. The molecule has 0 saturated heterocycles. The van der Waals surface area contributed by atoms with Gasteiger partial charge in [0.15, 0.2) is 0 Å². The molecule has 7 heteroatoms. The van der Waals surface area contributed by atoms with E-state index in [1.165, 1.54) is 14.2 Å². The van der Waals surface area contributed by atoms with Crippen molar-refractivity contribution in [1.29, 1.82) is 0 Å². The molecule has 0 spiro atoms. The Hall–Kier alpha value is -1.60. The number of rotatable bonds is 7. The molecule has 1 unspecified atom stereocenters. The van der Waals surface area contributed by atoms with Crippen LogP contribution in [0.2, 0.25) is 0 Å². The van der Waals surface area contributed by atoms with Crippen molar-refractivity contribution in [3.63, 3.8) is 0 Å². The van der Waals surface area contributed by atoms with Crippen molar-refractivity contribution in [2.24, 2.45) is 5.73 Å². The highest BCUT2D eigenvalue weighted by Gasteiger charge is 2.10. The molecule has 0 fully saturated rings. The van der Waals surface area contributed by atoms with E-state index in [-0.39, 0.29) is 6.04 Å². The highest BCUT2D eigenvalue weighted by atomic mass is 16.5. The summed E-state index contributed by atoms with van der Waals surface area (Å²) in [6.45, 7) is 0.885. The quantitative estimate of drug-likeness (QED) is 0.688. The molecule has 7 nitrogen and oxygen atoms in total. The average molecular weight is 242 g/mol. The maximum absolute atomic E-state index is 5.59. The highest BCUT2D eigenvalue weighted by Crippen LogP contribution is 2.17. The van der Waals surface area contributed by atoms with Gasteiger partial charge in [0.2, 0.25) is 17.7 Å². The molecule has 0 aliphatic rings. The topological polar surface area (TPSA) is 91.5 Å². The van der Waals surface area contributed by atoms with Gasteiger partial charge in [-0.3, -0.25) is 0 Å². The van der Waals surface area contributed by atoms with E-state index in [0.717, 1.165) is 0 Å². The van der Waals surface area contributed by atoms with Crippen LogP contribution in [0.3, 0.4) is 0 Å². The SMILES string of the molecule is COCC(CN)Nc1nc(OC)cc(OC)n1. The van der Waals surface area contributed by atoms with E-state index in [1.54, 1.807) is 13.2 Å². The first-order valence-corrected chi connectivity index (χ1v) is 5.16. The number of hydrogen-bond donors (Lipinski definition) is 2. The lowest BCUT2D eigenvalue weighted by Crippen LogP contribution is -2.33. The number of ether oxygens (including phenoxy) is 3. The van der Waals surface area contributed by atoms with Crippen LogP contribution in [0.5, 0.6) is 11.8 Å². The molecule has 1 rings (SSSR count). The molecule has 0 aliphatic carbocycles. The molecule has 3 N–H and O–H groups in total. The lowest BCUT2D eigenvalue weighted by Gasteiger charge is -2.16. The molecular weight excluding hydrogens is 224 g/mol. The molecule has 0 bridgehead atoms. The van der Waals surface area contributed by atoms with Gasteiger partial charge in [0.1, 0.15) is 0 Å². The van der Waals surface area contributed by atoms with Gasteiger partial charge in [0.25, 0.3) is 0 Å². The molecule has 0 saturated carbocycles. The van der Waals surface area contributed by atoms with E-state index >= 15 is 0 Å². The maximum atomic E-state index is 5.59. The largest absolute Gasteiger partial charge is 0.481 e. The van der Waals surface area contributed by atoms with Crippen LogP contribution in [0, 0.1) is 0 Å². The molecule has 1 aromatic heterocycles. The lowest BCUT2D eigenvalue weighted by molar-refractivity contribution is 0.187. The summed E-state index contributed by atoms with van der Waals surface area (Å²) in [7, 11) is 4.67. The number of methoxy groups -OCH3 is 3. The minimum Gasteiger partial charge on any atom is -0.481 e. The second kappa shape index (κ2) is 6.87. The van der Waals surface area contributed by atoms with Crippen molar-refractivity contribution in [3.8, 4) is 11.8 Å². The predicted octanol–water partition coefficient (Wildman–Crippen LogP) is -0.121. The molecule has 1 aromatic rings. The summed E-state index contributed by atoms with van der Waals surface area (Å²) >= 11 is 0. The van der Waals surface area contributed by atoms with E-state index in [4.69, 9.17) is 19.9 Å². The van der Waals surface area contributed by atoms with Crippen LogP contribution in [-0.2, 0) is 4.74 Å². The Labute approximate surface area is 100 Å². The van der Waals surface area contributed by atoms with Crippen molar-refractivity contribution in [3.05, 3.63) is 6.07 Å². The fourth-order valence-corrected chi connectivity index (χ4v) is 1.23. The number of hydrogen-bond acceptors (Lipinski definition) is 7. The second-order valence-electron chi connectivity index (χ2n) is 3.31. The van der Waals surface area contributed by atoms with Crippen LogP contribution in [0.25, 0.3) is 0 Å². The second-order valence-corrected chi connectivity index (χ2v) is 3.31. The van der Waals surface area contributed by atoms with Gasteiger partial charge in [-0.05, 0) is 0 Å². The van der Waals surface area contributed by atoms with Gasteiger partial charge in [0, 0.05) is 13.7 Å². The van der Waals surface area contributed by atoms with Crippen LogP contribution in [0.1, 0.15) is 0 Å². The minimum absolute atomic E-state index is 0.0585. The van der Waals surface area contributed by atoms with Crippen molar-refractivity contribution < 1.29 is 14.2 Å². The number of anilines is 1. The fourth-order valence-electron chi connectivity index (χ4n) is 1.23. The Morgan fingerprint density at radius 1 is 1.24 bits per heavy atom. The van der Waals surface area contributed by atoms with Crippen molar-refractivity contribution >= 4 is 5.95 Å². The molecule has 1 heterocycles. The summed E-state index contributed by atoms with van der Waals surface area (Å²) in [4.78, 5) is 8.27. The molecule has 0 aromatic carbocycles. The molecule has 17 heavy (non-hydrogen) atoms. The summed E-state index contributed by atoms with van der Waals surface area (Å²) in [6.07, 6.45) is 0. The Balaban J connectivity index is 2.81. The number of nitrogens with zero attached hydrogens (tertiary/aromatic N) is 2. The third-order valence-electron chi connectivity index (χ3n) is 2.08. The molecule has 0 radical (unpaired) electrons. The smallest absolute Gasteiger partial charge is 0.229 e. The molecule has 0 aliphatic heterocycles. The molecular formula is C10H18N4O3. The van der Waals surface area contributed by atoms with E-state index < -0.39 is 0 Å². The van der Waals surface area contributed by atoms with Crippen LogP contribution in [0.15, 0.2) is 6.07 Å². The molecule has 96 valence electrons. The Bertz CT molecular complexity index is 326. The number of nitrogens with one attached hydrogen (secondary N) is 1. The van der Waals surface area contributed by atoms with Crippen molar-refractivity contribution in [2.45, 2.75) is 6.04 Å². The normalized spacial score (nSPS) is 12.0. The summed E-state index contributed by atoms with van der Waals surface area (Å²) in [5.41, 5.74) is 5.59. The zero-order valence-corrected chi connectivity index (χ0v) is 10.3. The van der Waals surface area contributed by atoms with Crippen LogP contribution < -0.4 is 20.5 Å². The molecule has 0 amide bonds. The van der Waals surface area contributed by atoms with Gasteiger partial charge in [-0.25, -0.2) is 0 Å². The summed E-state index contributed by atoms with van der Waals surface area (Å²) in [6, 6.07) is 1.54. The standard InChI is InChI=1S/C10H18N4O3/c1-15-6-7(5-11)12-10-13-8(16-2)4-9(14-10)17-3/h4,7H,5-6,11H2,1-3H3,(H,12,13,14). The van der Waals surface area contributed by atoms with Gasteiger partial charge in [-0.1, -0.05) is 0 Å². The lowest BCUT2D eigenvalue weighted by atomic mass is 10.3. The Morgan fingerprint density at radius 2 is 1.82 bits per heavy atom. The van der Waals surface area contributed by atoms with E-state index in [9.17, 15) is 0 Å². The van der Waals surface area contributed by atoms with Gasteiger partial charge in [-0.2, -0.15) is 9.97 Å². The van der Waals surface area contributed by atoms with Crippen molar-refractivity contribution in [2.75, 3.05) is 39.8 Å². The zero-order valence-electron chi connectivity index (χ0n) is 10.3. The third-order valence-corrected chi connectivity index (χ3v) is 2.08. The fraction of sp³-hybridized carbons (Fsp3) is 0.600.